The molecule has 30 heavy (non-hydrogen) atoms. The Kier molecular flexibility index (Phi) is 5.43. The summed E-state index contributed by atoms with van der Waals surface area (Å²) < 4.78 is 5.95. The fourth-order valence-electron chi connectivity index (χ4n) is 2.91. The van der Waals surface area contributed by atoms with E-state index >= 15 is 0 Å². The van der Waals surface area contributed by atoms with Crippen molar-refractivity contribution >= 4 is 34.0 Å². The number of ether oxygens (including phenoxy) is 1. The second-order valence-corrected chi connectivity index (χ2v) is 6.85. The number of aromatic nitrogens is 2. The van der Waals surface area contributed by atoms with Gasteiger partial charge in [0, 0.05) is 31.2 Å². The lowest BCUT2D eigenvalue weighted by molar-refractivity contribution is 0.262. The first-order valence-electron chi connectivity index (χ1n) is 9.41. The number of benzene rings is 3. The highest BCUT2D eigenvalue weighted by Gasteiger charge is 2.09. The van der Waals surface area contributed by atoms with Gasteiger partial charge in [0.05, 0.1) is 10.9 Å². The van der Waals surface area contributed by atoms with Crippen LogP contribution >= 0.6 is 0 Å². The molecule has 1 aromatic heterocycles. The second kappa shape index (κ2) is 8.48. The molecule has 0 fully saturated rings. The zero-order valence-electron chi connectivity index (χ0n) is 16.7. The Balaban J connectivity index is 1.45. The van der Waals surface area contributed by atoms with Crippen LogP contribution in [0.5, 0.6) is 11.6 Å². The Bertz CT molecular complexity index is 1160. The van der Waals surface area contributed by atoms with E-state index in [2.05, 4.69) is 20.6 Å². The minimum Gasteiger partial charge on any atom is -0.438 e. The van der Waals surface area contributed by atoms with Crippen molar-refractivity contribution in [3.05, 3.63) is 79.1 Å². The van der Waals surface area contributed by atoms with Crippen LogP contribution in [0.4, 0.5) is 21.9 Å². The first-order valence-corrected chi connectivity index (χ1v) is 9.41. The van der Waals surface area contributed by atoms with Gasteiger partial charge in [-0.3, -0.25) is 0 Å². The fourth-order valence-corrected chi connectivity index (χ4v) is 2.91. The van der Waals surface area contributed by atoms with Crippen molar-refractivity contribution in [1.29, 1.82) is 0 Å². The molecule has 0 atom stereocenters. The zero-order chi connectivity index (χ0) is 20.9. The number of nitrogens with zero attached hydrogens (tertiary/aromatic N) is 3. The van der Waals surface area contributed by atoms with Gasteiger partial charge in [0.2, 0.25) is 5.88 Å². The van der Waals surface area contributed by atoms with Crippen molar-refractivity contribution in [2.75, 3.05) is 29.6 Å². The molecule has 0 aliphatic heterocycles. The smallest absolute Gasteiger partial charge is 0.323 e. The van der Waals surface area contributed by atoms with Gasteiger partial charge in [0.15, 0.2) is 0 Å². The molecule has 2 amide bonds. The number of fused-ring (bicyclic) bond motifs is 1. The molecule has 150 valence electrons. The fraction of sp³-hybridized carbons (Fsp3) is 0.0870. The standard InChI is InChI=1S/C23H21N5O2/c1-28(2)18-10-13-20-21(14-18)24-15-25-22(20)30-19-11-8-17(9-12-19)27-23(29)26-16-6-4-3-5-7-16/h3-15H,1-2H3,(H2,26,27,29). The van der Waals surface area contributed by atoms with Gasteiger partial charge in [0.1, 0.15) is 12.1 Å². The topological polar surface area (TPSA) is 79.4 Å². The van der Waals surface area contributed by atoms with Crippen molar-refractivity contribution in [2.24, 2.45) is 0 Å². The van der Waals surface area contributed by atoms with Gasteiger partial charge in [-0.1, -0.05) is 18.2 Å². The summed E-state index contributed by atoms with van der Waals surface area (Å²) >= 11 is 0. The molecule has 7 nitrogen and oxygen atoms in total. The molecule has 3 aromatic carbocycles. The molecule has 0 saturated heterocycles. The Morgan fingerprint density at radius 1 is 0.867 bits per heavy atom. The van der Waals surface area contributed by atoms with Crippen LogP contribution in [0, 0.1) is 0 Å². The highest BCUT2D eigenvalue weighted by molar-refractivity contribution is 5.99. The summed E-state index contributed by atoms with van der Waals surface area (Å²) in [6.07, 6.45) is 1.49. The van der Waals surface area contributed by atoms with Gasteiger partial charge in [-0.25, -0.2) is 14.8 Å². The summed E-state index contributed by atoms with van der Waals surface area (Å²) in [5, 5.41) is 6.39. The molecule has 0 spiro atoms. The summed E-state index contributed by atoms with van der Waals surface area (Å²) in [5.41, 5.74) is 3.24. The van der Waals surface area contributed by atoms with Gasteiger partial charge in [-0.15, -0.1) is 0 Å². The van der Waals surface area contributed by atoms with Crippen molar-refractivity contribution in [1.82, 2.24) is 9.97 Å². The van der Waals surface area contributed by atoms with Crippen molar-refractivity contribution in [3.8, 4) is 11.6 Å². The minimum atomic E-state index is -0.312. The van der Waals surface area contributed by atoms with E-state index in [1.54, 1.807) is 24.3 Å². The average Bonchev–Trinajstić information content (AvgIpc) is 2.75. The number of para-hydroxylation sites is 1. The third-order valence-corrected chi connectivity index (χ3v) is 4.46. The van der Waals surface area contributed by atoms with Crippen LogP contribution in [-0.4, -0.2) is 30.1 Å². The van der Waals surface area contributed by atoms with Gasteiger partial charge in [0.25, 0.3) is 0 Å². The molecule has 0 radical (unpaired) electrons. The number of urea groups is 1. The zero-order valence-corrected chi connectivity index (χ0v) is 16.7. The van der Waals surface area contributed by atoms with Gasteiger partial charge < -0.3 is 20.3 Å². The number of hydrogen-bond donors (Lipinski definition) is 2. The highest BCUT2D eigenvalue weighted by Crippen LogP contribution is 2.29. The van der Waals surface area contributed by atoms with Crippen molar-refractivity contribution < 1.29 is 9.53 Å². The summed E-state index contributed by atoms with van der Waals surface area (Å²) in [7, 11) is 3.96. The normalized spacial score (nSPS) is 10.5. The molecule has 0 bridgehead atoms. The van der Waals surface area contributed by atoms with Gasteiger partial charge in [-0.05, 0) is 54.6 Å². The average molecular weight is 399 g/mol. The molecule has 1 heterocycles. The van der Waals surface area contributed by atoms with Crippen LogP contribution in [0.2, 0.25) is 0 Å². The predicted molar refractivity (Wildman–Crippen MR) is 119 cm³/mol. The summed E-state index contributed by atoms with van der Waals surface area (Å²) in [6, 6.07) is 22.0. The molecule has 7 heteroatoms. The lowest BCUT2D eigenvalue weighted by Gasteiger charge is -2.13. The van der Waals surface area contributed by atoms with E-state index in [4.69, 9.17) is 4.74 Å². The lowest BCUT2D eigenvalue weighted by atomic mass is 10.2. The van der Waals surface area contributed by atoms with E-state index in [9.17, 15) is 4.79 Å². The van der Waals surface area contributed by atoms with Crippen LogP contribution in [0.1, 0.15) is 0 Å². The molecular weight excluding hydrogens is 378 g/mol. The number of carbonyl (C=O) groups excluding carboxylic acids is 1. The van der Waals surface area contributed by atoms with Gasteiger partial charge >= 0.3 is 6.03 Å². The lowest BCUT2D eigenvalue weighted by Crippen LogP contribution is -2.19. The molecule has 4 rings (SSSR count). The van der Waals surface area contributed by atoms with Crippen LogP contribution < -0.4 is 20.3 Å². The molecule has 0 unspecified atom stereocenters. The number of rotatable bonds is 5. The molecule has 0 aliphatic carbocycles. The van der Waals surface area contributed by atoms with Crippen LogP contribution in [0.3, 0.4) is 0 Å². The maximum atomic E-state index is 12.1. The maximum absolute atomic E-state index is 12.1. The molecule has 2 N–H and O–H groups in total. The monoisotopic (exact) mass is 399 g/mol. The Labute approximate surface area is 174 Å². The minimum absolute atomic E-state index is 0.312. The van der Waals surface area contributed by atoms with E-state index in [1.807, 2.05) is 67.5 Å². The SMILES string of the molecule is CN(C)c1ccc2c(Oc3ccc(NC(=O)Nc4ccccc4)cc3)ncnc2c1. The number of hydrogen-bond acceptors (Lipinski definition) is 5. The molecule has 4 aromatic rings. The number of carbonyl (C=O) groups is 1. The van der Waals surface area contributed by atoms with Crippen molar-refractivity contribution in [2.45, 2.75) is 0 Å². The van der Waals surface area contributed by atoms with Crippen LogP contribution in [0.25, 0.3) is 10.9 Å². The molecule has 0 aliphatic rings. The first-order chi connectivity index (χ1) is 14.6. The number of nitrogens with one attached hydrogen (secondary N) is 2. The van der Waals surface area contributed by atoms with Crippen LogP contribution in [0.15, 0.2) is 79.1 Å². The Morgan fingerprint density at radius 3 is 2.27 bits per heavy atom. The maximum Gasteiger partial charge on any atom is 0.323 e. The summed E-state index contributed by atoms with van der Waals surface area (Å²) in [5.74, 6) is 1.09. The summed E-state index contributed by atoms with van der Waals surface area (Å²) in [4.78, 5) is 22.7. The Hall–Kier alpha value is -4.13. The summed E-state index contributed by atoms with van der Waals surface area (Å²) in [6.45, 7) is 0. The predicted octanol–water partition coefficient (Wildman–Crippen LogP) is 5.13. The molecular formula is C23H21N5O2. The Morgan fingerprint density at radius 2 is 1.57 bits per heavy atom. The van der Waals surface area contributed by atoms with E-state index < -0.39 is 0 Å². The van der Waals surface area contributed by atoms with Gasteiger partial charge in [-0.2, -0.15) is 0 Å². The third kappa shape index (κ3) is 4.47. The quantitative estimate of drug-likeness (QED) is 0.486. The number of anilines is 3. The van der Waals surface area contributed by atoms with Crippen molar-refractivity contribution in [3.63, 3.8) is 0 Å². The second-order valence-electron chi connectivity index (χ2n) is 6.85. The van der Waals surface area contributed by atoms with E-state index in [-0.39, 0.29) is 6.03 Å². The third-order valence-electron chi connectivity index (χ3n) is 4.46. The van der Waals surface area contributed by atoms with Crippen LogP contribution in [-0.2, 0) is 0 Å². The number of amides is 2. The molecule has 0 saturated carbocycles. The first kappa shape index (κ1) is 19.2. The van der Waals surface area contributed by atoms with E-state index in [0.29, 0.717) is 17.3 Å². The highest BCUT2D eigenvalue weighted by atomic mass is 16.5. The van der Waals surface area contributed by atoms with E-state index in [0.717, 1.165) is 22.3 Å². The largest absolute Gasteiger partial charge is 0.438 e. The van der Waals surface area contributed by atoms with E-state index in [1.165, 1.54) is 6.33 Å².